The van der Waals surface area contributed by atoms with Gasteiger partial charge in [-0.15, -0.1) is 0 Å². The molecule has 0 spiro atoms. The molecule has 0 saturated heterocycles. The molecule has 78 valence electrons. The Balaban J connectivity index is 1.87. The fourth-order valence-corrected chi connectivity index (χ4v) is 2.49. The lowest BCUT2D eigenvalue weighted by molar-refractivity contribution is 0.108. The van der Waals surface area contributed by atoms with E-state index in [0.29, 0.717) is 18.0 Å². The van der Waals surface area contributed by atoms with Crippen molar-refractivity contribution in [3.63, 3.8) is 0 Å². The van der Waals surface area contributed by atoms with Gasteiger partial charge in [-0.1, -0.05) is 0 Å². The number of aromatic nitrogens is 1. The molecule has 1 aromatic rings. The van der Waals surface area contributed by atoms with Crippen molar-refractivity contribution >= 4 is 22.4 Å². The van der Waals surface area contributed by atoms with Crippen molar-refractivity contribution in [1.82, 2.24) is 4.37 Å². The third-order valence-corrected chi connectivity index (χ3v) is 3.33. The van der Waals surface area contributed by atoms with E-state index in [2.05, 4.69) is 9.69 Å². The summed E-state index contributed by atoms with van der Waals surface area (Å²) in [6.07, 6.45) is 3.80. The number of hydrogen-bond acceptors (Lipinski definition) is 5. The number of rotatable bonds is 3. The van der Waals surface area contributed by atoms with Crippen LogP contribution >= 0.6 is 11.5 Å². The normalized spacial score (nSPS) is 26.6. The molecular formula is C9H15N3OS. The first-order valence-corrected chi connectivity index (χ1v) is 5.57. The first-order valence-electron chi connectivity index (χ1n) is 4.79. The van der Waals surface area contributed by atoms with Crippen LogP contribution in [0.25, 0.3) is 0 Å². The monoisotopic (exact) mass is 213 g/mol. The van der Waals surface area contributed by atoms with Gasteiger partial charge in [-0.2, -0.15) is 4.37 Å². The summed E-state index contributed by atoms with van der Waals surface area (Å²) in [5.41, 5.74) is 5.54. The average molecular weight is 213 g/mol. The zero-order chi connectivity index (χ0) is 9.97. The van der Waals surface area contributed by atoms with Crippen LogP contribution in [0.2, 0.25) is 0 Å². The van der Waals surface area contributed by atoms with Crippen molar-refractivity contribution < 1.29 is 4.74 Å². The van der Waals surface area contributed by atoms with E-state index >= 15 is 0 Å². The topological polar surface area (TPSA) is 60.2 Å². The molecule has 0 radical (unpaired) electrons. The SMILES string of the molecule is COC1CCC(Nc2cc(N)ns2)C1. The van der Waals surface area contributed by atoms with E-state index < -0.39 is 0 Å². The second-order valence-electron chi connectivity index (χ2n) is 3.63. The second kappa shape index (κ2) is 4.14. The summed E-state index contributed by atoms with van der Waals surface area (Å²) in [5.74, 6) is 0.596. The van der Waals surface area contributed by atoms with Crippen LogP contribution < -0.4 is 11.1 Å². The number of nitrogen functional groups attached to an aromatic ring is 1. The molecule has 1 aliphatic rings. The van der Waals surface area contributed by atoms with Gasteiger partial charge in [0.1, 0.15) is 10.8 Å². The standard InChI is InChI=1S/C9H15N3OS/c1-13-7-3-2-6(4-7)11-9-5-8(10)12-14-9/h5-7,11H,2-4H2,1H3,(H2,10,12). The largest absolute Gasteiger partial charge is 0.383 e. The number of hydrogen-bond donors (Lipinski definition) is 2. The third kappa shape index (κ3) is 2.16. The number of methoxy groups -OCH3 is 1. The van der Waals surface area contributed by atoms with Crippen molar-refractivity contribution in [2.75, 3.05) is 18.2 Å². The summed E-state index contributed by atoms with van der Waals surface area (Å²) in [6, 6.07) is 2.39. The first-order chi connectivity index (χ1) is 6.78. The average Bonchev–Trinajstić information content (AvgIpc) is 2.76. The molecule has 0 aromatic carbocycles. The zero-order valence-corrected chi connectivity index (χ0v) is 9.01. The molecule has 3 N–H and O–H groups in total. The lowest BCUT2D eigenvalue weighted by Gasteiger charge is -2.11. The highest BCUT2D eigenvalue weighted by Crippen LogP contribution is 2.27. The maximum absolute atomic E-state index is 5.54. The van der Waals surface area contributed by atoms with Crippen LogP contribution in [0.4, 0.5) is 10.8 Å². The van der Waals surface area contributed by atoms with Gasteiger partial charge in [-0.25, -0.2) is 0 Å². The van der Waals surface area contributed by atoms with Gasteiger partial charge in [-0.05, 0) is 30.8 Å². The minimum atomic E-state index is 0.415. The van der Waals surface area contributed by atoms with E-state index in [-0.39, 0.29) is 0 Å². The summed E-state index contributed by atoms with van der Waals surface area (Å²) in [4.78, 5) is 0. The second-order valence-corrected chi connectivity index (χ2v) is 4.43. The summed E-state index contributed by atoms with van der Waals surface area (Å²) in [7, 11) is 1.78. The van der Waals surface area contributed by atoms with Crippen LogP contribution in [-0.4, -0.2) is 23.6 Å². The van der Waals surface area contributed by atoms with Gasteiger partial charge >= 0.3 is 0 Å². The smallest absolute Gasteiger partial charge is 0.139 e. The molecule has 14 heavy (non-hydrogen) atoms. The fraction of sp³-hybridized carbons (Fsp3) is 0.667. The van der Waals surface area contributed by atoms with Crippen molar-refractivity contribution in [2.45, 2.75) is 31.4 Å². The van der Waals surface area contributed by atoms with Crippen molar-refractivity contribution in [3.05, 3.63) is 6.07 Å². The van der Waals surface area contributed by atoms with E-state index in [9.17, 15) is 0 Å². The molecule has 1 saturated carbocycles. The maximum Gasteiger partial charge on any atom is 0.139 e. The van der Waals surface area contributed by atoms with Gasteiger partial charge in [-0.3, -0.25) is 0 Å². The van der Waals surface area contributed by atoms with Crippen LogP contribution in [0, 0.1) is 0 Å². The third-order valence-electron chi connectivity index (χ3n) is 2.59. The van der Waals surface area contributed by atoms with Gasteiger partial charge in [0.25, 0.3) is 0 Å². The zero-order valence-electron chi connectivity index (χ0n) is 8.19. The number of nitrogens with two attached hydrogens (primary N) is 1. The van der Waals surface area contributed by atoms with E-state index in [1.807, 2.05) is 6.07 Å². The van der Waals surface area contributed by atoms with Gasteiger partial charge in [0.05, 0.1) is 6.10 Å². The quantitative estimate of drug-likeness (QED) is 0.802. The Bertz CT molecular complexity index is 302. The lowest BCUT2D eigenvalue weighted by Crippen LogP contribution is -2.16. The molecule has 1 heterocycles. The first kappa shape index (κ1) is 9.73. The molecule has 4 nitrogen and oxygen atoms in total. The Labute approximate surface area is 87.6 Å². The minimum Gasteiger partial charge on any atom is -0.383 e. The molecule has 0 amide bonds. The van der Waals surface area contributed by atoms with Crippen LogP contribution in [0.15, 0.2) is 6.07 Å². The molecule has 1 aliphatic carbocycles. The van der Waals surface area contributed by atoms with Gasteiger partial charge in [0, 0.05) is 19.2 Å². The highest BCUT2D eigenvalue weighted by Gasteiger charge is 2.24. The predicted molar refractivity (Wildman–Crippen MR) is 58.6 cm³/mol. The van der Waals surface area contributed by atoms with E-state index in [4.69, 9.17) is 10.5 Å². The van der Waals surface area contributed by atoms with Crippen molar-refractivity contribution in [2.24, 2.45) is 0 Å². The Morgan fingerprint density at radius 1 is 1.64 bits per heavy atom. The fourth-order valence-electron chi connectivity index (χ4n) is 1.84. The van der Waals surface area contributed by atoms with Crippen molar-refractivity contribution in [1.29, 1.82) is 0 Å². The van der Waals surface area contributed by atoms with E-state index in [0.717, 1.165) is 24.3 Å². The van der Waals surface area contributed by atoms with Gasteiger partial charge < -0.3 is 15.8 Å². The lowest BCUT2D eigenvalue weighted by atomic mass is 10.2. The summed E-state index contributed by atoms with van der Waals surface area (Å²) < 4.78 is 9.33. The van der Waals surface area contributed by atoms with Crippen LogP contribution in [-0.2, 0) is 4.74 Å². The molecule has 1 aromatic heterocycles. The molecule has 5 heteroatoms. The number of nitrogens with one attached hydrogen (secondary N) is 1. The molecule has 0 aliphatic heterocycles. The predicted octanol–water partition coefficient (Wildman–Crippen LogP) is 1.70. The van der Waals surface area contributed by atoms with Crippen molar-refractivity contribution in [3.8, 4) is 0 Å². The Morgan fingerprint density at radius 2 is 2.50 bits per heavy atom. The Hall–Kier alpha value is -0.810. The summed E-state index contributed by atoms with van der Waals surface area (Å²) in [6.45, 7) is 0. The molecule has 2 unspecified atom stereocenters. The molecule has 2 atom stereocenters. The summed E-state index contributed by atoms with van der Waals surface area (Å²) >= 11 is 1.42. The van der Waals surface area contributed by atoms with E-state index in [1.54, 1.807) is 7.11 Å². The maximum atomic E-state index is 5.54. The number of ether oxygens (including phenoxy) is 1. The van der Waals surface area contributed by atoms with Gasteiger partial charge in [0.15, 0.2) is 0 Å². The number of anilines is 2. The van der Waals surface area contributed by atoms with Crippen LogP contribution in [0.1, 0.15) is 19.3 Å². The summed E-state index contributed by atoms with van der Waals surface area (Å²) in [5, 5.41) is 4.48. The minimum absolute atomic E-state index is 0.415. The highest BCUT2D eigenvalue weighted by atomic mass is 32.1. The molecule has 1 fully saturated rings. The number of nitrogens with zero attached hydrogens (tertiary/aromatic N) is 1. The molecule has 0 bridgehead atoms. The van der Waals surface area contributed by atoms with Gasteiger partial charge in [0.2, 0.25) is 0 Å². The Morgan fingerprint density at radius 3 is 3.07 bits per heavy atom. The van der Waals surface area contributed by atoms with Crippen LogP contribution in [0.3, 0.4) is 0 Å². The molecular weight excluding hydrogens is 198 g/mol. The highest BCUT2D eigenvalue weighted by molar-refractivity contribution is 7.10. The van der Waals surface area contributed by atoms with Crippen LogP contribution in [0.5, 0.6) is 0 Å². The van der Waals surface area contributed by atoms with E-state index in [1.165, 1.54) is 11.5 Å². The molecule has 2 rings (SSSR count). The Kier molecular flexibility index (Phi) is 2.88.